The summed E-state index contributed by atoms with van der Waals surface area (Å²) in [6.07, 6.45) is 7.87. The van der Waals surface area contributed by atoms with Gasteiger partial charge in [-0.3, -0.25) is 0 Å². The second-order valence-corrected chi connectivity index (χ2v) is 7.42. The Morgan fingerprint density at radius 3 is 2.93 bits per heavy atom. The molecule has 2 aromatic heterocycles. The van der Waals surface area contributed by atoms with Crippen molar-refractivity contribution in [1.29, 1.82) is 0 Å². The molecule has 0 radical (unpaired) electrons. The van der Waals surface area contributed by atoms with Gasteiger partial charge in [0.1, 0.15) is 12.4 Å². The molecule has 1 aliphatic heterocycles. The number of aryl methyl sites for hydroxylation is 1. The van der Waals surface area contributed by atoms with Gasteiger partial charge in [-0.15, -0.1) is 10.2 Å². The van der Waals surface area contributed by atoms with Crippen molar-refractivity contribution in [3.8, 4) is 0 Å². The zero-order valence-corrected chi connectivity index (χ0v) is 17.4. The first-order valence-electron chi connectivity index (χ1n) is 9.94. The summed E-state index contributed by atoms with van der Waals surface area (Å²) in [7, 11) is 3.71. The first kappa shape index (κ1) is 20.3. The van der Waals surface area contributed by atoms with Crippen LogP contribution in [0.1, 0.15) is 37.5 Å². The topological polar surface area (TPSA) is 85.4 Å². The molecule has 154 valence electrons. The third-order valence-electron chi connectivity index (χ3n) is 5.49. The Balaban J connectivity index is 1.73. The van der Waals surface area contributed by atoms with E-state index >= 15 is 0 Å². The molecular weight excluding hydrogens is 356 g/mol. The third-order valence-corrected chi connectivity index (χ3v) is 5.49. The lowest BCUT2D eigenvalue weighted by Crippen LogP contribution is -2.49. The summed E-state index contributed by atoms with van der Waals surface area (Å²) in [5, 5.41) is 11.9. The average molecular weight is 389 g/mol. The van der Waals surface area contributed by atoms with E-state index in [1.807, 2.05) is 31.1 Å². The lowest BCUT2D eigenvalue weighted by Gasteiger charge is -2.39. The minimum atomic E-state index is 0.388. The summed E-state index contributed by atoms with van der Waals surface area (Å²) in [5.41, 5.74) is 0. The number of aromatic nitrogens is 5. The summed E-state index contributed by atoms with van der Waals surface area (Å²) < 4.78 is 9.37. The zero-order valence-electron chi connectivity index (χ0n) is 17.4. The van der Waals surface area contributed by atoms with E-state index in [0.29, 0.717) is 18.5 Å². The quantitative estimate of drug-likeness (QED) is 0.438. The number of hydrogen-bond donors (Lipinski definition) is 1. The SMILES string of the molecule is COCCCNC(=NCc1nnc(C)n1C)N1CCC(C)C(n2ccnc2)C1. The molecule has 3 rings (SSSR count). The minimum absolute atomic E-state index is 0.388. The molecule has 9 heteroatoms. The molecule has 28 heavy (non-hydrogen) atoms. The van der Waals surface area contributed by atoms with Gasteiger partial charge in [0.2, 0.25) is 0 Å². The lowest BCUT2D eigenvalue weighted by molar-refractivity contribution is 0.185. The van der Waals surface area contributed by atoms with Gasteiger partial charge >= 0.3 is 0 Å². The smallest absolute Gasteiger partial charge is 0.194 e. The molecule has 2 unspecified atom stereocenters. The van der Waals surface area contributed by atoms with Gasteiger partial charge in [0.05, 0.1) is 12.4 Å². The summed E-state index contributed by atoms with van der Waals surface area (Å²) in [5.74, 6) is 3.28. The summed E-state index contributed by atoms with van der Waals surface area (Å²) >= 11 is 0. The Hall–Kier alpha value is -2.42. The number of nitrogens with zero attached hydrogens (tertiary/aromatic N) is 7. The largest absolute Gasteiger partial charge is 0.385 e. The summed E-state index contributed by atoms with van der Waals surface area (Å²) in [6, 6.07) is 0.388. The van der Waals surface area contributed by atoms with Crippen molar-refractivity contribution < 1.29 is 4.74 Å². The van der Waals surface area contributed by atoms with Crippen LogP contribution in [0, 0.1) is 12.8 Å². The van der Waals surface area contributed by atoms with Crippen LogP contribution in [0.3, 0.4) is 0 Å². The standard InChI is InChI=1S/C19H32N8O/c1-15-6-9-26(13-17(15)27-10-8-20-14-27)19(21-7-5-11-28-4)22-12-18-24-23-16(2)25(18)3/h8,10,14-15,17H,5-7,9,11-13H2,1-4H3,(H,21,22). The molecule has 2 aromatic rings. The van der Waals surface area contributed by atoms with Crippen molar-refractivity contribution in [2.75, 3.05) is 33.4 Å². The molecule has 1 aliphatic rings. The van der Waals surface area contributed by atoms with E-state index in [1.54, 1.807) is 7.11 Å². The Labute approximate surface area is 166 Å². The molecule has 0 spiro atoms. The van der Waals surface area contributed by atoms with Crippen molar-refractivity contribution in [3.05, 3.63) is 30.4 Å². The molecule has 9 nitrogen and oxygen atoms in total. The van der Waals surface area contributed by atoms with Crippen LogP contribution >= 0.6 is 0 Å². The van der Waals surface area contributed by atoms with Crippen LogP contribution in [-0.2, 0) is 18.3 Å². The first-order chi connectivity index (χ1) is 13.6. The number of hydrogen-bond acceptors (Lipinski definition) is 5. The molecule has 0 aliphatic carbocycles. The molecule has 0 amide bonds. The van der Waals surface area contributed by atoms with Gasteiger partial charge in [0.15, 0.2) is 11.8 Å². The predicted octanol–water partition coefficient (Wildman–Crippen LogP) is 1.39. The fourth-order valence-electron chi connectivity index (χ4n) is 3.51. The van der Waals surface area contributed by atoms with Crippen molar-refractivity contribution in [2.24, 2.45) is 18.0 Å². The molecule has 1 fully saturated rings. The number of aliphatic imine (C=N–C) groups is 1. The first-order valence-corrected chi connectivity index (χ1v) is 9.94. The highest BCUT2D eigenvalue weighted by Crippen LogP contribution is 2.27. The Kier molecular flexibility index (Phi) is 7.02. The molecule has 0 aromatic carbocycles. The van der Waals surface area contributed by atoms with Gasteiger partial charge in [0.25, 0.3) is 0 Å². The van der Waals surface area contributed by atoms with Crippen molar-refractivity contribution in [1.82, 2.24) is 34.5 Å². The molecule has 0 saturated carbocycles. The Bertz CT molecular complexity index is 754. The number of likely N-dealkylation sites (tertiary alicyclic amines) is 1. The highest BCUT2D eigenvalue weighted by Gasteiger charge is 2.29. The second-order valence-electron chi connectivity index (χ2n) is 7.42. The monoisotopic (exact) mass is 388 g/mol. The number of ether oxygens (including phenoxy) is 1. The maximum Gasteiger partial charge on any atom is 0.194 e. The number of rotatable bonds is 7. The molecule has 3 heterocycles. The van der Waals surface area contributed by atoms with E-state index in [9.17, 15) is 0 Å². The van der Waals surface area contributed by atoms with Gasteiger partial charge < -0.3 is 24.1 Å². The number of guanidine groups is 1. The second kappa shape index (κ2) is 9.68. The Morgan fingerprint density at radius 2 is 2.25 bits per heavy atom. The van der Waals surface area contributed by atoms with E-state index in [4.69, 9.17) is 9.73 Å². The van der Waals surface area contributed by atoms with E-state index in [-0.39, 0.29) is 0 Å². The number of nitrogens with one attached hydrogen (secondary N) is 1. The minimum Gasteiger partial charge on any atom is -0.385 e. The van der Waals surface area contributed by atoms with Crippen LogP contribution in [0.4, 0.5) is 0 Å². The van der Waals surface area contributed by atoms with Gasteiger partial charge in [-0.25, -0.2) is 9.98 Å². The number of imidazole rings is 1. The van der Waals surface area contributed by atoms with Crippen molar-refractivity contribution in [2.45, 2.75) is 39.3 Å². The maximum absolute atomic E-state index is 5.17. The number of methoxy groups -OCH3 is 1. The molecule has 1 N–H and O–H groups in total. The molecule has 0 bridgehead atoms. The van der Waals surface area contributed by atoms with Crippen LogP contribution in [0.5, 0.6) is 0 Å². The van der Waals surface area contributed by atoms with E-state index < -0.39 is 0 Å². The zero-order chi connectivity index (χ0) is 19.9. The predicted molar refractivity (Wildman–Crippen MR) is 108 cm³/mol. The van der Waals surface area contributed by atoms with Crippen LogP contribution in [-0.4, -0.2) is 68.5 Å². The third kappa shape index (κ3) is 4.89. The lowest BCUT2D eigenvalue weighted by atomic mass is 9.93. The molecule has 1 saturated heterocycles. The van der Waals surface area contributed by atoms with Gasteiger partial charge in [0, 0.05) is 52.8 Å². The van der Waals surface area contributed by atoms with Crippen LogP contribution in [0.2, 0.25) is 0 Å². The molecule has 2 atom stereocenters. The fourth-order valence-corrected chi connectivity index (χ4v) is 3.51. The van der Waals surface area contributed by atoms with E-state index in [0.717, 1.165) is 56.7 Å². The normalized spacial score (nSPS) is 20.6. The maximum atomic E-state index is 5.17. The van der Waals surface area contributed by atoms with E-state index in [1.165, 1.54) is 0 Å². The van der Waals surface area contributed by atoms with E-state index in [2.05, 4.69) is 43.1 Å². The van der Waals surface area contributed by atoms with Gasteiger partial charge in [-0.1, -0.05) is 6.92 Å². The fraction of sp³-hybridized carbons (Fsp3) is 0.684. The highest BCUT2D eigenvalue weighted by molar-refractivity contribution is 5.80. The van der Waals surface area contributed by atoms with Crippen LogP contribution in [0.15, 0.2) is 23.7 Å². The molecular formula is C19H32N8O. The highest BCUT2D eigenvalue weighted by atomic mass is 16.5. The Morgan fingerprint density at radius 1 is 1.39 bits per heavy atom. The van der Waals surface area contributed by atoms with Gasteiger partial charge in [-0.2, -0.15) is 0 Å². The van der Waals surface area contributed by atoms with Crippen LogP contribution < -0.4 is 5.32 Å². The van der Waals surface area contributed by atoms with Crippen LogP contribution in [0.25, 0.3) is 0 Å². The average Bonchev–Trinajstić information content (AvgIpc) is 3.33. The summed E-state index contributed by atoms with van der Waals surface area (Å²) in [6.45, 7) is 8.22. The van der Waals surface area contributed by atoms with Crippen molar-refractivity contribution in [3.63, 3.8) is 0 Å². The summed E-state index contributed by atoms with van der Waals surface area (Å²) in [4.78, 5) is 11.4. The van der Waals surface area contributed by atoms with Gasteiger partial charge in [-0.05, 0) is 25.7 Å². The van der Waals surface area contributed by atoms with Crippen molar-refractivity contribution >= 4 is 5.96 Å². The number of piperidine rings is 1.